The molecule has 0 N–H and O–H groups in total. The van der Waals surface area contributed by atoms with E-state index in [1.165, 1.54) is 4.88 Å². The van der Waals surface area contributed by atoms with Crippen molar-refractivity contribution in [3.05, 3.63) is 70.2 Å². The standard InChI is InChI=1S/C20H21N3OS2/c1-15-17(14-21-23(15)16-6-3-2-4-7-16)20(24)22-10-9-19(26-13-11-22)18-8-5-12-25-18/h2-8,12,14,19H,9-11,13H2,1H3/t19-/m0/s1. The van der Waals surface area contributed by atoms with Gasteiger partial charge in [0.25, 0.3) is 5.91 Å². The van der Waals surface area contributed by atoms with E-state index in [2.05, 4.69) is 22.6 Å². The molecule has 1 aliphatic rings. The number of aromatic nitrogens is 2. The lowest BCUT2D eigenvalue weighted by atomic mass is 10.2. The van der Waals surface area contributed by atoms with Crippen LogP contribution in [0.3, 0.4) is 0 Å². The third kappa shape index (κ3) is 3.44. The zero-order chi connectivity index (χ0) is 17.9. The Balaban J connectivity index is 1.50. The summed E-state index contributed by atoms with van der Waals surface area (Å²) < 4.78 is 1.84. The molecule has 1 amide bonds. The Bertz CT molecular complexity index is 874. The lowest BCUT2D eigenvalue weighted by Crippen LogP contribution is -2.33. The average Bonchev–Trinajstić information content (AvgIpc) is 3.26. The first kappa shape index (κ1) is 17.4. The normalized spacial score (nSPS) is 17.9. The molecular weight excluding hydrogens is 362 g/mol. The number of carbonyl (C=O) groups is 1. The van der Waals surface area contributed by atoms with Crippen LogP contribution in [0.4, 0.5) is 0 Å². The van der Waals surface area contributed by atoms with E-state index in [1.807, 2.05) is 69.9 Å². The molecule has 0 unspecified atom stereocenters. The number of thioether (sulfide) groups is 1. The van der Waals surface area contributed by atoms with Gasteiger partial charge in [-0.25, -0.2) is 4.68 Å². The maximum absolute atomic E-state index is 13.1. The molecule has 3 aromatic rings. The van der Waals surface area contributed by atoms with Gasteiger partial charge in [0.1, 0.15) is 0 Å². The van der Waals surface area contributed by atoms with Crippen molar-refractivity contribution in [3.63, 3.8) is 0 Å². The second-order valence-corrected chi connectivity index (χ2v) is 8.64. The fourth-order valence-corrected chi connectivity index (χ4v) is 5.53. The molecule has 4 rings (SSSR count). The van der Waals surface area contributed by atoms with Gasteiger partial charge >= 0.3 is 0 Å². The van der Waals surface area contributed by atoms with Gasteiger partial charge in [-0.3, -0.25) is 4.79 Å². The van der Waals surface area contributed by atoms with Gasteiger partial charge in [0.2, 0.25) is 0 Å². The molecule has 1 atom stereocenters. The number of hydrogen-bond acceptors (Lipinski definition) is 4. The fraction of sp³-hybridized carbons (Fsp3) is 0.300. The molecule has 3 heterocycles. The smallest absolute Gasteiger partial charge is 0.257 e. The molecule has 0 spiro atoms. The van der Waals surface area contributed by atoms with Crippen molar-refractivity contribution >= 4 is 29.0 Å². The lowest BCUT2D eigenvalue weighted by molar-refractivity contribution is 0.0766. The number of rotatable bonds is 3. The molecule has 6 heteroatoms. The maximum Gasteiger partial charge on any atom is 0.257 e. The highest BCUT2D eigenvalue weighted by Crippen LogP contribution is 2.37. The molecular formula is C20H21N3OS2. The highest BCUT2D eigenvalue weighted by Gasteiger charge is 2.25. The summed E-state index contributed by atoms with van der Waals surface area (Å²) in [6.07, 6.45) is 2.71. The zero-order valence-electron chi connectivity index (χ0n) is 14.7. The van der Waals surface area contributed by atoms with Gasteiger partial charge in [-0.05, 0) is 36.9 Å². The molecule has 0 saturated carbocycles. The molecule has 1 aliphatic heterocycles. The Morgan fingerprint density at radius 1 is 1.15 bits per heavy atom. The van der Waals surface area contributed by atoms with E-state index in [-0.39, 0.29) is 5.91 Å². The number of nitrogens with zero attached hydrogens (tertiary/aromatic N) is 3. The number of benzene rings is 1. The van der Waals surface area contributed by atoms with Crippen molar-refractivity contribution in [1.29, 1.82) is 0 Å². The summed E-state index contributed by atoms with van der Waals surface area (Å²) in [5, 5.41) is 7.08. The van der Waals surface area contributed by atoms with Gasteiger partial charge in [0.05, 0.1) is 23.1 Å². The van der Waals surface area contributed by atoms with E-state index in [1.54, 1.807) is 6.20 Å². The van der Waals surface area contributed by atoms with Crippen LogP contribution in [0, 0.1) is 6.92 Å². The van der Waals surface area contributed by atoms with E-state index in [0.717, 1.165) is 36.6 Å². The van der Waals surface area contributed by atoms with E-state index in [9.17, 15) is 4.79 Å². The predicted molar refractivity (Wildman–Crippen MR) is 108 cm³/mol. The van der Waals surface area contributed by atoms with Crippen LogP contribution in [0.25, 0.3) is 5.69 Å². The maximum atomic E-state index is 13.1. The summed E-state index contributed by atoms with van der Waals surface area (Å²) in [5.41, 5.74) is 2.58. The third-order valence-electron chi connectivity index (χ3n) is 4.73. The number of hydrogen-bond donors (Lipinski definition) is 0. The van der Waals surface area contributed by atoms with Gasteiger partial charge < -0.3 is 4.90 Å². The number of para-hydroxylation sites is 1. The van der Waals surface area contributed by atoms with Gasteiger partial charge in [0, 0.05) is 29.0 Å². The quantitative estimate of drug-likeness (QED) is 0.665. The molecule has 1 saturated heterocycles. The minimum atomic E-state index is 0.0945. The van der Waals surface area contributed by atoms with Crippen molar-refractivity contribution in [2.75, 3.05) is 18.8 Å². The highest BCUT2D eigenvalue weighted by molar-refractivity contribution is 7.99. The average molecular weight is 384 g/mol. The molecule has 26 heavy (non-hydrogen) atoms. The van der Waals surface area contributed by atoms with Crippen molar-refractivity contribution in [2.24, 2.45) is 0 Å². The predicted octanol–water partition coefficient (Wildman–Crippen LogP) is 4.56. The minimum absolute atomic E-state index is 0.0945. The first-order chi connectivity index (χ1) is 12.7. The number of amides is 1. The van der Waals surface area contributed by atoms with Gasteiger partial charge in [-0.15, -0.1) is 11.3 Å². The van der Waals surface area contributed by atoms with Crippen molar-refractivity contribution in [1.82, 2.24) is 14.7 Å². The van der Waals surface area contributed by atoms with Crippen LogP contribution >= 0.6 is 23.1 Å². The van der Waals surface area contributed by atoms with Crippen molar-refractivity contribution < 1.29 is 4.79 Å². The Labute approximate surface area is 161 Å². The number of carbonyl (C=O) groups excluding carboxylic acids is 1. The topological polar surface area (TPSA) is 38.1 Å². The van der Waals surface area contributed by atoms with Crippen molar-refractivity contribution in [3.8, 4) is 5.69 Å². The summed E-state index contributed by atoms with van der Waals surface area (Å²) in [6.45, 7) is 3.56. The molecule has 1 fully saturated rings. The molecule has 0 radical (unpaired) electrons. The van der Waals surface area contributed by atoms with Crippen LogP contribution in [0.2, 0.25) is 0 Å². The van der Waals surface area contributed by atoms with Crippen LogP contribution in [-0.4, -0.2) is 39.4 Å². The largest absolute Gasteiger partial charge is 0.338 e. The molecule has 0 bridgehead atoms. The van der Waals surface area contributed by atoms with E-state index >= 15 is 0 Å². The monoisotopic (exact) mass is 383 g/mol. The third-order valence-corrected chi connectivity index (χ3v) is 7.18. The summed E-state index contributed by atoms with van der Waals surface area (Å²) in [6, 6.07) is 14.3. The fourth-order valence-electron chi connectivity index (χ4n) is 3.29. The lowest BCUT2D eigenvalue weighted by Gasteiger charge is -2.20. The van der Waals surface area contributed by atoms with Gasteiger partial charge in [0.15, 0.2) is 0 Å². The Kier molecular flexibility index (Phi) is 5.13. The Morgan fingerprint density at radius 2 is 2.00 bits per heavy atom. The summed E-state index contributed by atoms with van der Waals surface area (Å²) >= 11 is 3.77. The molecule has 1 aromatic carbocycles. The van der Waals surface area contributed by atoms with Gasteiger partial charge in [-0.1, -0.05) is 24.3 Å². The Morgan fingerprint density at radius 3 is 2.77 bits per heavy atom. The van der Waals surface area contributed by atoms with Crippen LogP contribution < -0.4 is 0 Å². The highest BCUT2D eigenvalue weighted by atomic mass is 32.2. The minimum Gasteiger partial charge on any atom is -0.338 e. The SMILES string of the molecule is Cc1c(C(=O)N2CCS[C@H](c3cccs3)CC2)cnn1-c1ccccc1. The van der Waals surface area contributed by atoms with Crippen LogP contribution in [0.15, 0.2) is 54.0 Å². The summed E-state index contributed by atoms with van der Waals surface area (Å²) in [7, 11) is 0. The molecule has 4 nitrogen and oxygen atoms in total. The molecule has 2 aromatic heterocycles. The van der Waals surface area contributed by atoms with E-state index in [4.69, 9.17) is 0 Å². The first-order valence-corrected chi connectivity index (χ1v) is 10.7. The van der Waals surface area contributed by atoms with Gasteiger partial charge in [-0.2, -0.15) is 16.9 Å². The molecule has 0 aliphatic carbocycles. The summed E-state index contributed by atoms with van der Waals surface area (Å²) in [5.74, 6) is 1.07. The zero-order valence-corrected chi connectivity index (χ0v) is 16.3. The molecule has 134 valence electrons. The summed E-state index contributed by atoms with van der Waals surface area (Å²) in [4.78, 5) is 16.5. The van der Waals surface area contributed by atoms with E-state index in [0.29, 0.717) is 10.8 Å². The van der Waals surface area contributed by atoms with Crippen LogP contribution in [0.5, 0.6) is 0 Å². The second kappa shape index (κ2) is 7.68. The first-order valence-electron chi connectivity index (χ1n) is 8.78. The number of thiophene rings is 1. The van der Waals surface area contributed by atoms with Crippen LogP contribution in [-0.2, 0) is 0 Å². The Hall–Kier alpha value is -2.05. The second-order valence-electron chi connectivity index (χ2n) is 6.35. The van der Waals surface area contributed by atoms with E-state index < -0.39 is 0 Å². The van der Waals surface area contributed by atoms with Crippen molar-refractivity contribution in [2.45, 2.75) is 18.6 Å². The van der Waals surface area contributed by atoms with Crippen LogP contribution in [0.1, 0.15) is 32.6 Å².